The molecule has 2 aliphatic rings. The van der Waals surface area contributed by atoms with E-state index >= 15 is 0 Å². The first kappa shape index (κ1) is 24.5. The Morgan fingerprint density at radius 3 is 2.34 bits per heavy atom. The molecule has 174 valence electrons. The number of rotatable bonds is 9. The number of nitriles is 1. The fraction of sp³-hybridized carbons (Fsp3) is 0.643. The smallest absolute Gasteiger partial charge is 0.309 e. The second-order valence-corrected chi connectivity index (χ2v) is 9.70. The van der Waals surface area contributed by atoms with Crippen LogP contribution in [0.15, 0.2) is 36.2 Å². The third-order valence-electron chi connectivity index (χ3n) is 7.32. The number of benzene rings is 1. The van der Waals surface area contributed by atoms with Crippen molar-refractivity contribution in [1.82, 2.24) is 0 Å². The monoisotopic (exact) mass is 439 g/mol. The van der Waals surface area contributed by atoms with Crippen molar-refractivity contribution in [2.45, 2.75) is 102 Å². The van der Waals surface area contributed by atoms with Gasteiger partial charge in [-0.3, -0.25) is 4.79 Å². The summed E-state index contributed by atoms with van der Waals surface area (Å²) in [7, 11) is 0. The van der Waals surface area contributed by atoms with Gasteiger partial charge in [0.2, 0.25) is 0 Å². The first-order valence-corrected chi connectivity index (χ1v) is 12.7. The van der Waals surface area contributed by atoms with Crippen molar-refractivity contribution < 1.29 is 13.9 Å². The average Bonchev–Trinajstić information content (AvgIpc) is 2.83. The Hall–Kier alpha value is -2.15. The zero-order valence-corrected chi connectivity index (χ0v) is 19.5. The fourth-order valence-electron chi connectivity index (χ4n) is 5.25. The highest BCUT2D eigenvalue weighted by Crippen LogP contribution is 2.37. The minimum absolute atomic E-state index is 0.0118. The van der Waals surface area contributed by atoms with Gasteiger partial charge >= 0.3 is 5.97 Å². The lowest BCUT2D eigenvalue weighted by Gasteiger charge is -2.31. The molecule has 0 bridgehead atoms. The van der Waals surface area contributed by atoms with E-state index in [4.69, 9.17) is 10.00 Å². The zero-order chi connectivity index (χ0) is 22.8. The highest BCUT2D eigenvalue weighted by Gasteiger charge is 2.31. The van der Waals surface area contributed by atoms with Crippen molar-refractivity contribution in [3.63, 3.8) is 0 Å². The summed E-state index contributed by atoms with van der Waals surface area (Å²) in [5.74, 6) is -0.108. The van der Waals surface area contributed by atoms with Gasteiger partial charge in [0.05, 0.1) is 5.92 Å². The van der Waals surface area contributed by atoms with E-state index in [1.807, 2.05) is 0 Å². The van der Waals surface area contributed by atoms with Crippen LogP contribution in [-0.2, 0) is 16.0 Å². The van der Waals surface area contributed by atoms with Crippen molar-refractivity contribution in [2.75, 3.05) is 0 Å². The van der Waals surface area contributed by atoms with Crippen molar-refractivity contribution in [1.29, 1.82) is 5.26 Å². The molecule has 0 aliphatic heterocycles. The number of esters is 1. The van der Waals surface area contributed by atoms with Gasteiger partial charge in [0.1, 0.15) is 12.2 Å². The number of ether oxygens (including phenoxy) is 1. The van der Waals surface area contributed by atoms with Crippen molar-refractivity contribution in [3.8, 4) is 6.07 Å². The molecule has 0 amide bonds. The molecule has 2 fully saturated rings. The molecule has 4 heteroatoms. The number of carbonyl (C=O) groups is 1. The van der Waals surface area contributed by atoms with Crippen molar-refractivity contribution >= 4 is 5.97 Å². The predicted octanol–water partition coefficient (Wildman–Crippen LogP) is 7.56. The second kappa shape index (κ2) is 12.8. The van der Waals surface area contributed by atoms with Crippen LogP contribution in [0.5, 0.6) is 0 Å². The molecule has 0 saturated heterocycles. The van der Waals surface area contributed by atoms with Crippen LogP contribution >= 0.6 is 0 Å². The zero-order valence-electron chi connectivity index (χ0n) is 19.5. The summed E-state index contributed by atoms with van der Waals surface area (Å²) in [5.41, 5.74) is 2.84. The van der Waals surface area contributed by atoms with E-state index in [9.17, 15) is 9.18 Å². The van der Waals surface area contributed by atoms with Gasteiger partial charge in [-0.25, -0.2) is 0 Å². The Labute approximate surface area is 193 Å². The van der Waals surface area contributed by atoms with Crippen LogP contribution in [0.4, 0.5) is 4.39 Å². The number of unbranched alkanes of at least 4 members (excludes halogenated alkanes) is 3. The number of carbonyl (C=O) groups excluding carboxylic acids is 1. The van der Waals surface area contributed by atoms with Gasteiger partial charge in [0.25, 0.3) is 0 Å². The maximum atomic E-state index is 13.1. The Morgan fingerprint density at radius 1 is 1.03 bits per heavy atom. The van der Waals surface area contributed by atoms with E-state index in [1.54, 1.807) is 0 Å². The van der Waals surface area contributed by atoms with Gasteiger partial charge in [-0.2, -0.15) is 9.65 Å². The number of aryl methyl sites for hydroxylation is 1. The lowest BCUT2D eigenvalue weighted by molar-refractivity contribution is -0.157. The largest absolute Gasteiger partial charge is 0.462 e. The van der Waals surface area contributed by atoms with Crippen LogP contribution in [0.2, 0.25) is 0 Å². The van der Waals surface area contributed by atoms with E-state index < -0.39 is 5.83 Å². The summed E-state index contributed by atoms with van der Waals surface area (Å²) in [6.07, 6.45) is 14.7. The number of hydrogen-bond acceptors (Lipinski definition) is 3. The van der Waals surface area contributed by atoms with Gasteiger partial charge in [0.15, 0.2) is 5.83 Å². The lowest BCUT2D eigenvalue weighted by atomic mass is 9.78. The van der Waals surface area contributed by atoms with Gasteiger partial charge in [-0.05, 0) is 93.2 Å². The standard InChI is InChI=1S/C28H38FNO2/c1-2-3-4-5-6-21-7-11-23(12-8-21)24-13-15-25(16-14-24)28(31)32-27-17-9-22(10-18-27)19-26(29)20-30/h7-8,11-12,19,22,24-25,27H,2-6,9-10,13-18H2,1H3. The maximum Gasteiger partial charge on any atom is 0.309 e. The van der Waals surface area contributed by atoms with E-state index in [-0.39, 0.29) is 23.9 Å². The summed E-state index contributed by atoms with van der Waals surface area (Å²) in [5, 5.41) is 8.57. The molecule has 3 nitrogen and oxygen atoms in total. The Bertz CT molecular complexity index is 779. The minimum atomic E-state index is -0.705. The van der Waals surface area contributed by atoms with Crippen LogP contribution in [0.25, 0.3) is 0 Å². The molecule has 0 heterocycles. The first-order valence-electron chi connectivity index (χ1n) is 12.7. The van der Waals surface area contributed by atoms with Crippen LogP contribution in [0.1, 0.15) is 101 Å². The minimum Gasteiger partial charge on any atom is -0.462 e. The highest BCUT2D eigenvalue weighted by molar-refractivity contribution is 5.72. The Morgan fingerprint density at radius 2 is 1.72 bits per heavy atom. The molecule has 0 unspecified atom stereocenters. The summed E-state index contributed by atoms with van der Waals surface area (Å²) in [4.78, 5) is 12.7. The molecule has 0 N–H and O–H groups in total. The molecule has 1 aromatic rings. The van der Waals surface area contributed by atoms with Crippen LogP contribution < -0.4 is 0 Å². The highest BCUT2D eigenvalue weighted by atomic mass is 19.1. The summed E-state index contributed by atoms with van der Waals surface area (Å²) < 4.78 is 18.9. The van der Waals surface area contributed by atoms with Gasteiger partial charge in [-0.15, -0.1) is 0 Å². The van der Waals surface area contributed by atoms with Gasteiger partial charge in [0, 0.05) is 0 Å². The molecule has 1 aromatic carbocycles. The normalized spacial score (nSPS) is 26.3. The Balaban J connectivity index is 1.38. The average molecular weight is 440 g/mol. The maximum absolute atomic E-state index is 13.1. The van der Waals surface area contributed by atoms with Crippen LogP contribution in [0, 0.1) is 23.2 Å². The van der Waals surface area contributed by atoms with E-state index in [2.05, 4.69) is 31.2 Å². The third-order valence-corrected chi connectivity index (χ3v) is 7.32. The van der Waals surface area contributed by atoms with E-state index in [1.165, 1.54) is 55.4 Å². The topological polar surface area (TPSA) is 50.1 Å². The molecule has 0 radical (unpaired) electrons. The second-order valence-electron chi connectivity index (χ2n) is 9.70. The summed E-state index contributed by atoms with van der Waals surface area (Å²) >= 11 is 0. The molecule has 32 heavy (non-hydrogen) atoms. The predicted molar refractivity (Wildman–Crippen MR) is 126 cm³/mol. The lowest BCUT2D eigenvalue weighted by Crippen LogP contribution is -2.29. The quantitative estimate of drug-likeness (QED) is 0.226. The van der Waals surface area contributed by atoms with E-state index in [0.717, 1.165) is 51.4 Å². The molecule has 0 aromatic heterocycles. The fourth-order valence-corrected chi connectivity index (χ4v) is 5.25. The van der Waals surface area contributed by atoms with Crippen LogP contribution in [-0.4, -0.2) is 12.1 Å². The number of halogens is 1. The van der Waals surface area contributed by atoms with Gasteiger partial charge in [-0.1, -0.05) is 50.5 Å². The van der Waals surface area contributed by atoms with Crippen molar-refractivity contribution in [2.24, 2.45) is 11.8 Å². The molecular weight excluding hydrogens is 401 g/mol. The molecule has 2 aliphatic carbocycles. The molecular formula is C28H38FNO2. The third kappa shape index (κ3) is 7.47. The molecule has 0 spiro atoms. The molecule has 2 saturated carbocycles. The van der Waals surface area contributed by atoms with Crippen molar-refractivity contribution in [3.05, 3.63) is 47.3 Å². The van der Waals surface area contributed by atoms with Crippen LogP contribution in [0.3, 0.4) is 0 Å². The summed E-state index contributed by atoms with van der Waals surface area (Å²) in [6.45, 7) is 2.24. The van der Waals surface area contributed by atoms with E-state index in [0.29, 0.717) is 5.92 Å². The van der Waals surface area contributed by atoms with Gasteiger partial charge < -0.3 is 4.74 Å². The molecule has 0 atom stereocenters. The number of allylic oxidation sites excluding steroid dienone is 2. The Kier molecular flexibility index (Phi) is 9.78. The summed E-state index contributed by atoms with van der Waals surface area (Å²) in [6, 6.07) is 10.7. The molecule has 3 rings (SSSR count). The first-order chi connectivity index (χ1) is 15.6. The number of hydrogen-bond donors (Lipinski definition) is 0. The SMILES string of the molecule is CCCCCCc1ccc(C2CCC(C(=O)OC3CCC(C=C(F)C#N)CC3)CC2)cc1. The number of nitrogens with zero attached hydrogens (tertiary/aromatic N) is 1.